The number of ether oxygens (including phenoxy) is 1. The van der Waals surface area contributed by atoms with Crippen LogP contribution in [0.25, 0.3) is 0 Å². The van der Waals surface area contributed by atoms with E-state index in [0.29, 0.717) is 24.3 Å². The molecule has 1 aromatic rings. The molecule has 1 saturated heterocycles. The minimum Gasteiger partial charge on any atom is -0.380 e. The first-order valence-corrected chi connectivity index (χ1v) is 8.17. The Morgan fingerprint density at radius 3 is 2.85 bits per heavy atom. The van der Waals surface area contributed by atoms with Crippen LogP contribution >= 0.6 is 0 Å². The van der Waals surface area contributed by atoms with E-state index in [0.717, 1.165) is 12.8 Å². The minimum atomic E-state index is -3.51. The average molecular weight is 294 g/mol. The molecular formula is C14H18N2O3S. The van der Waals surface area contributed by atoms with E-state index < -0.39 is 15.6 Å². The normalized spacial score (nSPS) is 23.2. The van der Waals surface area contributed by atoms with Gasteiger partial charge in [0.2, 0.25) is 10.0 Å². The highest BCUT2D eigenvalue weighted by molar-refractivity contribution is 7.88. The van der Waals surface area contributed by atoms with Crippen molar-refractivity contribution in [3.05, 3.63) is 35.4 Å². The third-order valence-electron chi connectivity index (χ3n) is 3.32. The molecule has 0 saturated carbocycles. The Balaban J connectivity index is 2.13. The van der Waals surface area contributed by atoms with Gasteiger partial charge < -0.3 is 4.74 Å². The fraction of sp³-hybridized carbons (Fsp3) is 0.500. The van der Waals surface area contributed by atoms with Crippen molar-refractivity contribution < 1.29 is 13.2 Å². The van der Waals surface area contributed by atoms with E-state index in [-0.39, 0.29) is 5.75 Å². The van der Waals surface area contributed by atoms with Gasteiger partial charge in [0.05, 0.1) is 29.5 Å². The third-order valence-corrected chi connectivity index (χ3v) is 4.82. The molecule has 20 heavy (non-hydrogen) atoms. The quantitative estimate of drug-likeness (QED) is 0.913. The van der Waals surface area contributed by atoms with Crippen LogP contribution in [0.4, 0.5) is 0 Å². The number of sulfonamides is 1. The molecular weight excluding hydrogens is 276 g/mol. The van der Waals surface area contributed by atoms with Crippen molar-refractivity contribution in [2.45, 2.75) is 31.1 Å². The number of nitriles is 1. The van der Waals surface area contributed by atoms with Crippen molar-refractivity contribution in [2.75, 3.05) is 13.2 Å². The second-order valence-corrected chi connectivity index (χ2v) is 7.07. The maximum Gasteiger partial charge on any atom is 0.216 e. The van der Waals surface area contributed by atoms with E-state index in [1.807, 2.05) is 13.0 Å². The van der Waals surface area contributed by atoms with Crippen LogP contribution in [-0.4, -0.2) is 27.2 Å². The molecule has 1 aliphatic heterocycles. The highest BCUT2D eigenvalue weighted by atomic mass is 32.2. The number of nitrogens with one attached hydrogen (secondary N) is 1. The zero-order valence-corrected chi connectivity index (χ0v) is 12.2. The molecule has 1 atom stereocenters. The predicted octanol–water partition coefficient (Wildman–Crippen LogP) is 1.55. The summed E-state index contributed by atoms with van der Waals surface area (Å²) in [6, 6.07) is 8.75. The highest BCUT2D eigenvalue weighted by Crippen LogP contribution is 2.21. The van der Waals surface area contributed by atoms with Gasteiger partial charge in [-0.05, 0) is 31.4 Å². The Labute approximate surface area is 119 Å². The van der Waals surface area contributed by atoms with Crippen LogP contribution in [0.15, 0.2) is 24.3 Å². The summed E-state index contributed by atoms with van der Waals surface area (Å²) < 4.78 is 32.6. The summed E-state index contributed by atoms with van der Waals surface area (Å²) in [5.41, 5.74) is 0.351. The van der Waals surface area contributed by atoms with Gasteiger partial charge >= 0.3 is 0 Å². The van der Waals surface area contributed by atoms with Gasteiger partial charge in [-0.1, -0.05) is 18.2 Å². The van der Waals surface area contributed by atoms with Crippen molar-refractivity contribution in [1.29, 1.82) is 5.26 Å². The largest absolute Gasteiger partial charge is 0.380 e. The van der Waals surface area contributed by atoms with Crippen LogP contribution < -0.4 is 4.72 Å². The lowest BCUT2D eigenvalue weighted by molar-refractivity contribution is 0.0386. The van der Waals surface area contributed by atoms with Crippen LogP contribution in [0.5, 0.6) is 0 Å². The van der Waals surface area contributed by atoms with E-state index in [2.05, 4.69) is 4.72 Å². The maximum absolute atomic E-state index is 12.3. The molecule has 5 nitrogen and oxygen atoms in total. The van der Waals surface area contributed by atoms with E-state index >= 15 is 0 Å². The van der Waals surface area contributed by atoms with Crippen LogP contribution in [0.3, 0.4) is 0 Å². The molecule has 0 aromatic heterocycles. The van der Waals surface area contributed by atoms with Crippen LogP contribution in [0.1, 0.15) is 30.9 Å². The molecule has 1 heterocycles. The summed E-state index contributed by atoms with van der Waals surface area (Å²) in [7, 11) is -3.51. The third kappa shape index (κ3) is 3.79. The molecule has 1 aliphatic rings. The Hall–Kier alpha value is -1.42. The first kappa shape index (κ1) is 15.0. The van der Waals surface area contributed by atoms with Gasteiger partial charge in [0.15, 0.2) is 0 Å². The summed E-state index contributed by atoms with van der Waals surface area (Å²) in [6.07, 6.45) is 1.60. The lowest BCUT2D eigenvalue weighted by Crippen LogP contribution is -2.51. The van der Waals surface area contributed by atoms with Crippen molar-refractivity contribution in [3.63, 3.8) is 0 Å². The molecule has 0 aliphatic carbocycles. The van der Waals surface area contributed by atoms with Crippen molar-refractivity contribution in [3.8, 4) is 6.07 Å². The summed E-state index contributed by atoms with van der Waals surface area (Å²) >= 11 is 0. The van der Waals surface area contributed by atoms with Gasteiger partial charge in [-0.25, -0.2) is 13.1 Å². The summed E-state index contributed by atoms with van der Waals surface area (Å²) in [4.78, 5) is 0. The molecule has 1 aromatic carbocycles. The van der Waals surface area contributed by atoms with Crippen molar-refractivity contribution >= 4 is 10.0 Å². The molecule has 1 N–H and O–H groups in total. The molecule has 0 bridgehead atoms. The van der Waals surface area contributed by atoms with Crippen LogP contribution in [0.2, 0.25) is 0 Å². The highest BCUT2D eigenvalue weighted by Gasteiger charge is 2.32. The Morgan fingerprint density at radius 2 is 2.20 bits per heavy atom. The monoisotopic (exact) mass is 294 g/mol. The maximum atomic E-state index is 12.3. The summed E-state index contributed by atoms with van der Waals surface area (Å²) in [5, 5.41) is 9.00. The van der Waals surface area contributed by atoms with Crippen LogP contribution in [0, 0.1) is 11.3 Å². The standard InChI is InChI=1S/C14H18N2O3S/c1-14(7-4-8-19-11-14)16-20(17,18)10-13-6-3-2-5-12(13)9-15/h2-3,5-6,16H,4,7-8,10-11H2,1H3. The second-order valence-electron chi connectivity index (χ2n) is 5.35. The first-order chi connectivity index (χ1) is 9.44. The van der Waals surface area contributed by atoms with Gasteiger partial charge in [-0.2, -0.15) is 5.26 Å². The SMILES string of the molecule is CC1(NS(=O)(=O)Cc2ccccc2C#N)CCCOC1. The second kappa shape index (κ2) is 5.92. The van der Waals surface area contributed by atoms with Gasteiger partial charge in [0.25, 0.3) is 0 Å². The smallest absolute Gasteiger partial charge is 0.216 e. The van der Waals surface area contributed by atoms with E-state index in [9.17, 15) is 8.42 Å². The van der Waals surface area contributed by atoms with Crippen molar-refractivity contribution in [1.82, 2.24) is 4.72 Å². The molecule has 108 valence electrons. The Bertz CT molecular complexity index is 614. The van der Waals surface area contributed by atoms with E-state index in [1.54, 1.807) is 24.3 Å². The number of hydrogen-bond acceptors (Lipinski definition) is 4. The fourth-order valence-corrected chi connectivity index (χ4v) is 4.03. The zero-order valence-electron chi connectivity index (χ0n) is 11.4. The predicted molar refractivity (Wildman–Crippen MR) is 75.4 cm³/mol. The molecule has 0 amide bonds. The van der Waals surface area contributed by atoms with E-state index in [4.69, 9.17) is 10.00 Å². The number of hydrogen-bond donors (Lipinski definition) is 1. The number of nitrogens with zero attached hydrogens (tertiary/aromatic N) is 1. The molecule has 1 unspecified atom stereocenters. The summed E-state index contributed by atoms with van der Waals surface area (Å²) in [6.45, 7) is 2.90. The molecule has 0 spiro atoms. The molecule has 1 fully saturated rings. The molecule has 0 radical (unpaired) electrons. The van der Waals surface area contributed by atoms with Gasteiger partial charge in [0, 0.05) is 6.61 Å². The zero-order chi connectivity index (χ0) is 14.6. The lowest BCUT2D eigenvalue weighted by Gasteiger charge is -2.33. The van der Waals surface area contributed by atoms with Gasteiger partial charge in [-0.3, -0.25) is 0 Å². The fourth-order valence-electron chi connectivity index (χ4n) is 2.39. The first-order valence-electron chi connectivity index (χ1n) is 6.52. The topological polar surface area (TPSA) is 79.2 Å². The van der Waals surface area contributed by atoms with Gasteiger partial charge in [0.1, 0.15) is 0 Å². The molecule has 6 heteroatoms. The molecule has 2 rings (SSSR count). The Kier molecular flexibility index (Phi) is 4.43. The average Bonchev–Trinajstić information content (AvgIpc) is 2.38. The summed E-state index contributed by atoms with van der Waals surface area (Å²) in [5.74, 6) is -0.188. The minimum absolute atomic E-state index is 0.188. The van der Waals surface area contributed by atoms with Crippen LogP contribution in [-0.2, 0) is 20.5 Å². The lowest BCUT2D eigenvalue weighted by atomic mass is 9.97. The number of benzene rings is 1. The van der Waals surface area contributed by atoms with Crippen molar-refractivity contribution in [2.24, 2.45) is 0 Å². The van der Waals surface area contributed by atoms with E-state index in [1.165, 1.54) is 0 Å². The Morgan fingerprint density at radius 1 is 1.45 bits per heavy atom. The van der Waals surface area contributed by atoms with Gasteiger partial charge in [-0.15, -0.1) is 0 Å². The number of rotatable bonds is 4.